The molecule has 1 aliphatic rings. The number of aliphatic hydroxyl groups excluding tert-OH is 1. The van der Waals surface area contributed by atoms with Gasteiger partial charge in [-0.3, -0.25) is 10.1 Å². The summed E-state index contributed by atoms with van der Waals surface area (Å²) in [6, 6.07) is 10.2. The Morgan fingerprint density at radius 1 is 1.38 bits per heavy atom. The standard InChI is InChI=1S/C22H24ClN5O6/c1-22(20(32-2)33-3)19(29)18(15-10-14(28(30)31)8-9-17(15)34-22)27-21(26-12-24)25-11-13-6-4-5-7-16(13)23/h4-10,18-20,29H,11H2,1-3H3,(H2,25,26,27)/t18-,19+,22-/m0/s1. The molecule has 11 nitrogen and oxygen atoms in total. The first-order valence-corrected chi connectivity index (χ1v) is 10.5. The van der Waals surface area contributed by atoms with Crippen molar-refractivity contribution in [2.45, 2.75) is 37.5 Å². The van der Waals surface area contributed by atoms with E-state index in [9.17, 15) is 20.5 Å². The Morgan fingerprint density at radius 2 is 2.09 bits per heavy atom. The molecule has 0 fully saturated rings. The molecule has 3 rings (SSSR count). The predicted octanol–water partition coefficient (Wildman–Crippen LogP) is 2.64. The number of aliphatic imine (C=N–C) groups is 1. The van der Waals surface area contributed by atoms with Gasteiger partial charge in [0.05, 0.1) is 11.0 Å². The van der Waals surface area contributed by atoms with E-state index in [1.54, 1.807) is 31.3 Å². The van der Waals surface area contributed by atoms with Crippen LogP contribution in [0.4, 0.5) is 5.69 Å². The van der Waals surface area contributed by atoms with Gasteiger partial charge in [0, 0.05) is 43.5 Å². The van der Waals surface area contributed by atoms with Crippen LogP contribution in [-0.4, -0.2) is 48.2 Å². The minimum Gasteiger partial charge on any atom is -0.479 e. The molecular formula is C22H24ClN5O6. The van der Waals surface area contributed by atoms with E-state index in [-0.39, 0.29) is 23.9 Å². The van der Waals surface area contributed by atoms with Crippen LogP contribution in [0.3, 0.4) is 0 Å². The quantitative estimate of drug-likeness (QED) is 0.133. The molecule has 34 heavy (non-hydrogen) atoms. The summed E-state index contributed by atoms with van der Waals surface area (Å²) < 4.78 is 16.7. The summed E-state index contributed by atoms with van der Waals surface area (Å²) in [5, 5.41) is 38.4. The zero-order valence-electron chi connectivity index (χ0n) is 18.7. The number of hydrogen-bond donors (Lipinski definition) is 3. The van der Waals surface area contributed by atoms with Crippen molar-refractivity contribution in [1.82, 2.24) is 10.6 Å². The van der Waals surface area contributed by atoms with Crippen LogP contribution in [0.25, 0.3) is 0 Å². The SMILES string of the molecule is COC(OC)[C@@]1(C)Oc2ccc([N+](=O)[O-])cc2[C@H](NC(=NC#N)NCc2ccccc2Cl)[C@H]1O. The number of guanidine groups is 1. The first kappa shape index (κ1) is 25.2. The molecular weight excluding hydrogens is 466 g/mol. The molecule has 1 aliphatic heterocycles. The van der Waals surface area contributed by atoms with Crippen LogP contribution < -0.4 is 15.4 Å². The lowest BCUT2D eigenvalue weighted by molar-refractivity contribution is -0.385. The number of hydrogen-bond acceptors (Lipinski definition) is 8. The van der Waals surface area contributed by atoms with Crippen molar-refractivity contribution >= 4 is 23.2 Å². The first-order chi connectivity index (χ1) is 16.2. The van der Waals surface area contributed by atoms with Crippen LogP contribution in [0, 0.1) is 21.6 Å². The number of methoxy groups -OCH3 is 2. The molecule has 0 saturated carbocycles. The molecule has 2 aromatic rings. The van der Waals surface area contributed by atoms with Crippen LogP contribution >= 0.6 is 11.6 Å². The number of nitrogens with zero attached hydrogens (tertiary/aromatic N) is 3. The van der Waals surface area contributed by atoms with Gasteiger partial charge in [-0.1, -0.05) is 29.8 Å². The van der Waals surface area contributed by atoms with Gasteiger partial charge in [-0.05, 0) is 24.6 Å². The second kappa shape index (κ2) is 10.7. The molecule has 1 heterocycles. The number of nitro benzene ring substituents is 1. The number of fused-ring (bicyclic) bond motifs is 1. The van der Waals surface area contributed by atoms with Gasteiger partial charge in [-0.2, -0.15) is 5.26 Å². The average molecular weight is 490 g/mol. The highest BCUT2D eigenvalue weighted by Gasteiger charge is 2.52. The Bertz CT molecular complexity index is 1120. The molecule has 0 bridgehead atoms. The lowest BCUT2D eigenvalue weighted by Gasteiger charge is -2.46. The van der Waals surface area contributed by atoms with E-state index in [2.05, 4.69) is 15.6 Å². The van der Waals surface area contributed by atoms with E-state index < -0.39 is 29.0 Å². The minimum atomic E-state index is -1.41. The number of rotatable bonds is 7. The fourth-order valence-electron chi connectivity index (χ4n) is 3.83. The summed E-state index contributed by atoms with van der Waals surface area (Å²) in [6.45, 7) is 1.82. The fraction of sp³-hybridized carbons (Fsp3) is 0.364. The van der Waals surface area contributed by atoms with Crippen molar-refractivity contribution in [1.29, 1.82) is 5.26 Å². The van der Waals surface area contributed by atoms with Crippen molar-refractivity contribution in [2.75, 3.05) is 14.2 Å². The molecule has 3 atom stereocenters. The number of nitrogens with one attached hydrogen (secondary N) is 2. The van der Waals surface area contributed by atoms with Gasteiger partial charge in [-0.25, -0.2) is 0 Å². The summed E-state index contributed by atoms with van der Waals surface area (Å²) in [6.07, 6.45) is -0.617. The zero-order valence-corrected chi connectivity index (χ0v) is 19.4. The Hall–Kier alpha value is -3.43. The van der Waals surface area contributed by atoms with Crippen LogP contribution in [0.1, 0.15) is 24.1 Å². The van der Waals surface area contributed by atoms with E-state index in [0.717, 1.165) is 5.56 Å². The Kier molecular flexibility index (Phi) is 7.90. The van der Waals surface area contributed by atoms with E-state index >= 15 is 0 Å². The molecule has 3 N–H and O–H groups in total. The second-order valence-electron chi connectivity index (χ2n) is 7.64. The van der Waals surface area contributed by atoms with Gasteiger partial charge in [-0.15, -0.1) is 4.99 Å². The van der Waals surface area contributed by atoms with E-state index in [0.29, 0.717) is 10.6 Å². The molecule has 0 aromatic heterocycles. The van der Waals surface area contributed by atoms with Crippen molar-refractivity contribution in [2.24, 2.45) is 4.99 Å². The topological polar surface area (TPSA) is 151 Å². The summed E-state index contributed by atoms with van der Waals surface area (Å²) in [7, 11) is 2.80. The van der Waals surface area contributed by atoms with Gasteiger partial charge in [0.25, 0.3) is 5.69 Å². The van der Waals surface area contributed by atoms with Gasteiger partial charge in [0.2, 0.25) is 12.2 Å². The maximum atomic E-state index is 11.4. The molecule has 0 unspecified atom stereocenters. The van der Waals surface area contributed by atoms with Crippen molar-refractivity contribution in [3.8, 4) is 11.9 Å². The number of ether oxygens (including phenoxy) is 3. The number of benzene rings is 2. The third-order valence-electron chi connectivity index (χ3n) is 5.53. The number of nitro groups is 1. The molecule has 0 aliphatic carbocycles. The molecule has 12 heteroatoms. The molecule has 2 aromatic carbocycles. The van der Waals surface area contributed by atoms with Crippen LogP contribution in [0.5, 0.6) is 5.75 Å². The summed E-state index contributed by atoms with van der Waals surface area (Å²) in [4.78, 5) is 14.6. The van der Waals surface area contributed by atoms with E-state index in [1.807, 2.05) is 6.07 Å². The van der Waals surface area contributed by atoms with Crippen LogP contribution in [-0.2, 0) is 16.0 Å². The highest BCUT2D eigenvalue weighted by molar-refractivity contribution is 6.31. The molecule has 0 radical (unpaired) electrons. The summed E-state index contributed by atoms with van der Waals surface area (Å²) in [5.41, 5.74) is -0.549. The highest BCUT2D eigenvalue weighted by Crippen LogP contribution is 2.43. The highest BCUT2D eigenvalue weighted by atomic mass is 35.5. The Labute approximate surface area is 201 Å². The molecule has 0 spiro atoms. The van der Waals surface area contributed by atoms with Gasteiger partial charge in [0.15, 0.2) is 11.9 Å². The van der Waals surface area contributed by atoms with Gasteiger partial charge < -0.3 is 30.0 Å². The predicted molar refractivity (Wildman–Crippen MR) is 123 cm³/mol. The largest absolute Gasteiger partial charge is 0.479 e. The first-order valence-electron chi connectivity index (χ1n) is 10.2. The lowest BCUT2D eigenvalue weighted by Crippen LogP contribution is -2.62. The average Bonchev–Trinajstić information content (AvgIpc) is 2.81. The third-order valence-corrected chi connectivity index (χ3v) is 5.90. The Balaban J connectivity index is 1.99. The normalized spacial score (nSPS) is 21.9. The number of non-ortho nitro benzene ring substituents is 1. The number of nitriles is 1. The zero-order chi connectivity index (χ0) is 24.9. The van der Waals surface area contributed by atoms with Crippen LogP contribution in [0.2, 0.25) is 5.02 Å². The second-order valence-corrected chi connectivity index (χ2v) is 8.05. The van der Waals surface area contributed by atoms with Crippen LogP contribution in [0.15, 0.2) is 47.5 Å². The van der Waals surface area contributed by atoms with Crippen molar-refractivity contribution in [3.63, 3.8) is 0 Å². The van der Waals surface area contributed by atoms with Gasteiger partial charge >= 0.3 is 0 Å². The number of halogens is 1. The number of aliphatic hydroxyl groups is 1. The molecule has 180 valence electrons. The van der Waals surface area contributed by atoms with E-state index in [1.165, 1.54) is 32.4 Å². The monoisotopic (exact) mass is 489 g/mol. The minimum absolute atomic E-state index is 0.0274. The maximum Gasteiger partial charge on any atom is 0.270 e. The summed E-state index contributed by atoms with van der Waals surface area (Å²) in [5.74, 6) is 0.303. The maximum absolute atomic E-state index is 11.4. The summed E-state index contributed by atoms with van der Waals surface area (Å²) >= 11 is 6.20. The Morgan fingerprint density at radius 3 is 2.71 bits per heavy atom. The van der Waals surface area contributed by atoms with Crippen molar-refractivity contribution in [3.05, 3.63) is 68.7 Å². The lowest BCUT2D eigenvalue weighted by atomic mass is 9.84. The third kappa shape index (κ3) is 5.05. The molecule has 0 amide bonds. The van der Waals surface area contributed by atoms with Crippen molar-refractivity contribution < 1.29 is 24.2 Å². The van der Waals surface area contributed by atoms with Gasteiger partial charge in [0.1, 0.15) is 11.9 Å². The molecule has 0 saturated heterocycles. The fourth-order valence-corrected chi connectivity index (χ4v) is 4.04. The van der Waals surface area contributed by atoms with E-state index in [4.69, 9.17) is 25.8 Å². The smallest absolute Gasteiger partial charge is 0.270 e.